The molecule has 1 N–H and O–H groups in total. The lowest BCUT2D eigenvalue weighted by atomic mass is 10.1. The summed E-state index contributed by atoms with van der Waals surface area (Å²) >= 11 is 9.60. The molecule has 106 valence electrons. The molecule has 0 radical (unpaired) electrons. The summed E-state index contributed by atoms with van der Waals surface area (Å²) in [6.45, 7) is 6.72. The van der Waals surface area contributed by atoms with Crippen LogP contribution in [0.25, 0.3) is 0 Å². The monoisotopic (exact) mass is 355 g/mol. The molecule has 2 aromatic rings. The van der Waals surface area contributed by atoms with Gasteiger partial charge in [-0.05, 0) is 44.0 Å². The minimum atomic E-state index is 0.346. The first-order chi connectivity index (χ1) is 9.51. The lowest BCUT2D eigenvalue weighted by Crippen LogP contribution is -2.03. The Bertz CT molecular complexity index is 611. The van der Waals surface area contributed by atoms with Crippen LogP contribution in [-0.4, -0.2) is 16.5 Å². The quantitative estimate of drug-likeness (QED) is 0.860. The van der Waals surface area contributed by atoms with Crippen molar-refractivity contribution in [1.29, 1.82) is 0 Å². The number of hydrogen-bond donors (Lipinski definition) is 1. The smallest absolute Gasteiger partial charge is 0.243 e. The van der Waals surface area contributed by atoms with E-state index >= 15 is 0 Å². The van der Waals surface area contributed by atoms with E-state index in [4.69, 9.17) is 16.3 Å². The first kappa shape index (κ1) is 15.1. The maximum absolute atomic E-state index is 6.07. The van der Waals surface area contributed by atoms with E-state index in [1.165, 1.54) is 6.20 Å². The van der Waals surface area contributed by atoms with E-state index in [0.717, 1.165) is 22.1 Å². The van der Waals surface area contributed by atoms with Crippen molar-refractivity contribution in [2.45, 2.75) is 20.8 Å². The van der Waals surface area contributed by atoms with Gasteiger partial charge < -0.3 is 10.1 Å². The predicted molar refractivity (Wildman–Crippen MR) is 84.9 cm³/mol. The largest absolute Gasteiger partial charge is 0.437 e. The number of rotatable bonds is 4. The third-order valence-electron chi connectivity index (χ3n) is 2.67. The van der Waals surface area contributed by atoms with Gasteiger partial charge in [0, 0.05) is 11.0 Å². The van der Waals surface area contributed by atoms with Crippen molar-refractivity contribution in [1.82, 2.24) is 9.97 Å². The molecule has 4 nitrogen and oxygen atoms in total. The second-order valence-corrected chi connectivity index (χ2v) is 5.55. The SMILES string of the molecule is CCNc1ncc(Cl)c(Oc2cc(C)c(Br)c(C)c2)n1. The highest BCUT2D eigenvalue weighted by Crippen LogP contribution is 2.31. The fraction of sp³-hybridized carbons (Fsp3) is 0.286. The zero-order valence-corrected chi connectivity index (χ0v) is 13.8. The highest BCUT2D eigenvalue weighted by molar-refractivity contribution is 9.10. The van der Waals surface area contributed by atoms with Gasteiger partial charge in [-0.2, -0.15) is 4.98 Å². The normalized spacial score (nSPS) is 10.4. The van der Waals surface area contributed by atoms with Gasteiger partial charge in [-0.15, -0.1) is 0 Å². The van der Waals surface area contributed by atoms with E-state index in [9.17, 15) is 0 Å². The molecular formula is C14H15BrClN3O. The average molecular weight is 357 g/mol. The van der Waals surface area contributed by atoms with E-state index in [2.05, 4.69) is 31.2 Å². The molecule has 1 aromatic heterocycles. The van der Waals surface area contributed by atoms with Crippen LogP contribution in [0, 0.1) is 13.8 Å². The first-order valence-corrected chi connectivity index (χ1v) is 7.39. The van der Waals surface area contributed by atoms with Gasteiger partial charge in [-0.3, -0.25) is 0 Å². The Balaban J connectivity index is 2.32. The van der Waals surface area contributed by atoms with Crippen LogP contribution in [0.15, 0.2) is 22.8 Å². The van der Waals surface area contributed by atoms with Crippen molar-refractivity contribution in [2.75, 3.05) is 11.9 Å². The number of hydrogen-bond acceptors (Lipinski definition) is 4. The van der Waals surface area contributed by atoms with Crippen LogP contribution >= 0.6 is 27.5 Å². The summed E-state index contributed by atoms with van der Waals surface area (Å²) in [5.74, 6) is 1.54. The van der Waals surface area contributed by atoms with E-state index in [1.807, 2.05) is 32.9 Å². The van der Waals surface area contributed by atoms with Crippen molar-refractivity contribution in [3.05, 3.63) is 39.0 Å². The van der Waals surface area contributed by atoms with Gasteiger partial charge in [0.1, 0.15) is 10.8 Å². The molecular weight excluding hydrogens is 342 g/mol. The summed E-state index contributed by atoms with van der Waals surface area (Å²) in [5.41, 5.74) is 2.19. The molecule has 0 spiro atoms. The van der Waals surface area contributed by atoms with Crippen LogP contribution in [0.3, 0.4) is 0 Å². The Labute approximate surface area is 131 Å². The van der Waals surface area contributed by atoms with Crippen LogP contribution in [-0.2, 0) is 0 Å². The molecule has 1 heterocycles. The number of aromatic nitrogens is 2. The Morgan fingerprint density at radius 3 is 2.55 bits per heavy atom. The minimum absolute atomic E-state index is 0.346. The van der Waals surface area contributed by atoms with Crippen LogP contribution in [0.4, 0.5) is 5.95 Å². The summed E-state index contributed by atoms with van der Waals surface area (Å²) in [4.78, 5) is 8.33. The molecule has 0 atom stereocenters. The second kappa shape index (κ2) is 6.41. The van der Waals surface area contributed by atoms with Gasteiger partial charge in [0.15, 0.2) is 0 Å². The van der Waals surface area contributed by atoms with E-state index < -0.39 is 0 Å². The van der Waals surface area contributed by atoms with Crippen molar-refractivity contribution < 1.29 is 4.74 Å². The number of nitrogens with zero attached hydrogens (tertiary/aromatic N) is 2. The molecule has 0 fully saturated rings. The number of benzene rings is 1. The van der Waals surface area contributed by atoms with Crippen molar-refractivity contribution in [3.63, 3.8) is 0 Å². The van der Waals surface area contributed by atoms with Crippen LogP contribution in [0.1, 0.15) is 18.1 Å². The standard InChI is InChI=1S/C14H15BrClN3O/c1-4-17-14-18-7-11(16)13(19-14)20-10-5-8(2)12(15)9(3)6-10/h5-7H,4H2,1-3H3,(H,17,18,19). The van der Waals surface area contributed by atoms with Crippen molar-refractivity contribution in [3.8, 4) is 11.6 Å². The lowest BCUT2D eigenvalue weighted by molar-refractivity contribution is 0.461. The number of aryl methyl sites for hydroxylation is 2. The zero-order valence-electron chi connectivity index (χ0n) is 11.5. The van der Waals surface area contributed by atoms with Crippen LogP contribution in [0.5, 0.6) is 11.6 Å². The number of halogens is 2. The average Bonchev–Trinajstić information content (AvgIpc) is 2.40. The summed E-state index contributed by atoms with van der Waals surface area (Å²) in [7, 11) is 0. The van der Waals surface area contributed by atoms with E-state index in [1.54, 1.807) is 0 Å². The number of ether oxygens (including phenoxy) is 1. The third kappa shape index (κ3) is 3.41. The fourth-order valence-electron chi connectivity index (χ4n) is 1.74. The van der Waals surface area contributed by atoms with E-state index in [-0.39, 0.29) is 0 Å². The van der Waals surface area contributed by atoms with Crippen molar-refractivity contribution >= 4 is 33.5 Å². The Morgan fingerprint density at radius 1 is 1.30 bits per heavy atom. The highest BCUT2D eigenvalue weighted by Gasteiger charge is 2.10. The number of nitrogens with one attached hydrogen (secondary N) is 1. The molecule has 0 unspecified atom stereocenters. The van der Waals surface area contributed by atoms with Gasteiger partial charge in [0.2, 0.25) is 11.8 Å². The molecule has 1 aromatic carbocycles. The summed E-state index contributed by atoms with van der Waals surface area (Å²) in [6.07, 6.45) is 1.53. The molecule has 6 heteroatoms. The minimum Gasteiger partial charge on any atom is -0.437 e. The van der Waals surface area contributed by atoms with Crippen molar-refractivity contribution in [2.24, 2.45) is 0 Å². The van der Waals surface area contributed by atoms with Crippen LogP contribution < -0.4 is 10.1 Å². The number of anilines is 1. The first-order valence-electron chi connectivity index (χ1n) is 6.22. The molecule has 0 aliphatic heterocycles. The predicted octanol–water partition coefficient (Wildman–Crippen LogP) is 4.73. The van der Waals surface area contributed by atoms with Crippen LogP contribution in [0.2, 0.25) is 5.02 Å². The Morgan fingerprint density at radius 2 is 1.95 bits per heavy atom. The Kier molecular flexibility index (Phi) is 4.83. The van der Waals surface area contributed by atoms with Gasteiger partial charge in [-0.1, -0.05) is 27.5 Å². The fourth-order valence-corrected chi connectivity index (χ4v) is 2.10. The molecule has 0 aliphatic carbocycles. The van der Waals surface area contributed by atoms with E-state index in [0.29, 0.717) is 22.6 Å². The Hall–Kier alpha value is -1.33. The molecule has 0 bridgehead atoms. The topological polar surface area (TPSA) is 47.0 Å². The van der Waals surface area contributed by atoms with Gasteiger partial charge >= 0.3 is 0 Å². The van der Waals surface area contributed by atoms with Gasteiger partial charge in [0.25, 0.3) is 0 Å². The summed E-state index contributed by atoms with van der Waals surface area (Å²) in [6, 6.07) is 3.87. The van der Waals surface area contributed by atoms with Gasteiger partial charge in [0.05, 0.1) is 6.20 Å². The molecule has 0 saturated heterocycles. The summed E-state index contributed by atoms with van der Waals surface area (Å²) < 4.78 is 6.84. The maximum atomic E-state index is 6.07. The second-order valence-electron chi connectivity index (χ2n) is 4.35. The molecule has 20 heavy (non-hydrogen) atoms. The third-order valence-corrected chi connectivity index (χ3v) is 4.18. The molecule has 2 rings (SSSR count). The summed E-state index contributed by atoms with van der Waals surface area (Å²) in [5, 5.41) is 3.40. The molecule has 0 amide bonds. The maximum Gasteiger partial charge on any atom is 0.243 e. The van der Waals surface area contributed by atoms with Gasteiger partial charge in [-0.25, -0.2) is 4.98 Å². The molecule has 0 aliphatic rings. The lowest BCUT2D eigenvalue weighted by Gasteiger charge is -2.11. The highest BCUT2D eigenvalue weighted by atomic mass is 79.9. The zero-order chi connectivity index (χ0) is 14.7. The molecule has 0 saturated carbocycles.